The van der Waals surface area contributed by atoms with Gasteiger partial charge in [-0.25, -0.2) is 13.1 Å². The van der Waals surface area contributed by atoms with Crippen LogP contribution in [0.1, 0.15) is 39.5 Å². The van der Waals surface area contributed by atoms with Gasteiger partial charge in [-0.05, 0) is 12.8 Å². The van der Waals surface area contributed by atoms with Crippen LogP contribution in [0.15, 0.2) is 0 Å². The Morgan fingerprint density at radius 3 is 2.36 bits per heavy atom. The van der Waals surface area contributed by atoms with E-state index in [1.807, 2.05) is 13.8 Å². The first-order valence-corrected chi connectivity index (χ1v) is 6.91. The van der Waals surface area contributed by atoms with Crippen molar-refractivity contribution in [2.24, 2.45) is 5.73 Å². The Kier molecular flexibility index (Phi) is 7.13. The molecule has 0 aliphatic heterocycles. The van der Waals surface area contributed by atoms with Gasteiger partial charge in [-0.2, -0.15) is 0 Å². The first kappa shape index (κ1) is 13.9. The zero-order valence-corrected chi connectivity index (χ0v) is 9.94. The summed E-state index contributed by atoms with van der Waals surface area (Å²) in [7, 11) is -3.11. The van der Waals surface area contributed by atoms with Gasteiger partial charge < -0.3 is 5.73 Å². The molecule has 0 aromatic carbocycles. The van der Waals surface area contributed by atoms with Crippen LogP contribution in [0, 0.1) is 0 Å². The summed E-state index contributed by atoms with van der Waals surface area (Å²) in [6.07, 6.45) is 3.35. The molecule has 1 unspecified atom stereocenters. The van der Waals surface area contributed by atoms with E-state index in [1.165, 1.54) is 0 Å². The lowest BCUT2D eigenvalue weighted by atomic mass is 10.2. The van der Waals surface area contributed by atoms with E-state index < -0.39 is 10.0 Å². The summed E-state index contributed by atoms with van der Waals surface area (Å²) < 4.78 is 25.6. The Labute approximate surface area is 87.3 Å². The summed E-state index contributed by atoms with van der Waals surface area (Å²) in [5, 5.41) is 0. The Morgan fingerprint density at radius 1 is 1.29 bits per heavy atom. The highest BCUT2D eigenvalue weighted by Crippen LogP contribution is 2.00. The molecule has 0 rings (SSSR count). The van der Waals surface area contributed by atoms with Crippen LogP contribution in [0.25, 0.3) is 0 Å². The molecule has 0 saturated heterocycles. The van der Waals surface area contributed by atoms with Gasteiger partial charge in [0, 0.05) is 12.6 Å². The predicted molar refractivity (Wildman–Crippen MR) is 59.6 cm³/mol. The van der Waals surface area contributed by atoms with Crippen molar-refractivity contribution < 1.29 is 8.42 Å². The lowest BCUT2D eigenvalue weighted by molar-refractivity contribution is 0.525. The lowest BCUT2D eigenvalue weighted by Gasteiger charge is -2.15. The second kappa shape index (κ2) is 7.20. The molecular weight excluding hydrogens is 200 g/mol. The predicted octanol–water partition coefficient (Wildman–Crippen LogP) is 0.833. The highest BCUT2D eigenvalue weighted by Gasteiger charge is 2.14. The first-order valence-electron chi connectivity index (χ1n) is 5.25. The third-order valence-electron chi connectivity index (χ3n) is 2.03. The Bertz CT molecular complexity index is 227. The molecule has 0 saturated carbocycles. The molecule has 0 aromatic heterocycles. The van der Waals surface area contributed by atoms with Gasteiger partial charge in [0.15, 0.2) is 0 Å². The lowest BCUT2D eigenvalue weighted by Crippen LogP contribution is -2.41. The number of unbranched alkanes of at least 4 members (excludes halogenated alkanes) is 1. The van der Waals surface area contributed by atoms with Crippen LogP contribution < -0.4 is 10.5 Å². The van der Waals surface area contributed by atoms with Gasteiger partial charge in [0.05, 0.1) is 5.75 Å². The molecule has 5 heteroatoms. The Morgan fingerprint density at radius 2 is 1.93 bits per heavy atom. The normalized spacial score (nSPS) is 14.2. The fourth-order valence-electron chi connectivity index (χ4n) is 1.22. The molecule has 0 fully saturated rings. The number of nitrogens with two attached hydrogens (primary N) is 1. The first-order chi connectivity index (χ1) is 6.55. The van der Waals surface area contributed by atoms with Gasteiger partial charge in [-0.15, -0.1) is 0 Å². The second-order valence-corrected chi connectivity index (χ2v) is 5.39. The average Bonchev–Trinajstić information content (AvgIpc) is 2.14. The van der Waals surface area contributed by atoms with Gasteiger partial charge >= 0.3 is 0 Å². The van der Waals surface area contributed by atoms with Crippen molar-refractivity contribution in [2.45, 2.75) is 45.6 Å². The van der Waals surface area contributed by atoms with Crippen LogP contribution >= 0.6 is 0 Å². The maximum atomic E-state index is 11.5. The summed E-state index contributed by atoms with van der Waals surface area (Å²) >= 11 is 0. The molecule has 0 aromatic rings. The van der Waals surface area contributed by atoms with Crippen molar-refractivity contribution in [1.29, 1.82) is 0 Å². The molecule has 0 bridgehead atoms. The molecule has 86 valence electrons. The van der Waals surface area contributed by atoms with Crippen molar-refractivity contribution >= 4 is 10.0 Å². The molecule has 0 aliphatic rings. The third kappa shape index (κ3) is 6.34. The van der Waals surface area contributed by atoms with Gasteiger partial charge in [0.25, 0.3) is 0 Å². The largest absolute Gasteiger partial charge is 0.329 e. The third-order valence-corrected chi connectivity index (χ3v) is 3.55. The van der Waals surface area contributed by atoms with Crippen LogP contribution in [-0.2, 0) is 10.0 Å². The van der Waals surface area contributed by atoms with Gasteiger partial charge in [-0.3, -0.25) is 0 Å². The molecule has 0 amide bonds. The van der Waals surface area contributed by atoms with Gasteiger partial charge in [0.1, 0.15) is 0 Å². The van der Waals surface area contributed by atoms with Gasteiger partial charge in [0.2, 0.25) is 10.0 Å². The number of nitrogens with one attached hydrogen (secondary N) is 1. The quantitative estimate of drug-likeness (QED) is 0.639. The minimum Gasteiger partial charge on any atom is -0.329 e. The summed E-state index contributed by atoms with van der Waals surface area (Å²) in [4.78, 5) is 0. The highest BCUT2D eigenvalue weighted by molar-refractivity contribution is 7.89. The minimum atomic E-state index is -3.11. The maximum absolute atomic E-state index is 11.5. The standard InChI is InChI=1S/C9H22N2O2S/c1-3-5-7-14(12,13)11-9(8-10)6-4-2/h9,11H,3-8,10H2,1-2H3. The topological polar surface area (TPSA) is 72.2 Å². The van der Waals surface area contributed by atoms with Crippen molar-refractivity contribution in [3.8, 4) is 0 Å². The molecule has 1 atom stereocenters. The molecule has 0 spiro atoms. The van der Waals surface area contributed by atoms with Crippen molar-refractivity contribution in [3.05, 3.63) is 0 Å². The van der Waals surface area contributed by atoms with E-state index in [2.05, 4.69) is 4.72 Å². The van der Waals surface area contributed by atoms with Crippen LogP contribution in [0.3, 0.4) is 0 Å². The molecule has 0 aliphatic carbocycles. The van der Waals surface area contributed by atoms with E-state index in [0.717, 1.165) is 19.3 Å². The molecular formula is C9H22N2O2S. The number of hydrogen-bond acceptors (Lipinski definition) is 3. The van der Waals surface area contributed by atoms with E-state index in [4.69, 9.17) is 5.73 Å². The Balaban J connectivity index is 4.04. The van der Waals surface area contributed by atoms with E-state index in [9.17, 15) is 8.42 Å². The fourth-order valence-corrected chi connectivity index (χ4v) is 2.73. The number of rotatable bonds is 8. The van der Waals surface area contributed by atoms with Gasteiger partial charge in [-0.1, -0.05) is 26.7 Å². The fraction of sp³-hybridized carbons (Fsp3) is 1.00. The smallest absolute Gasteiger partial charge is 0.211 e. The van der Waals surface area contributed by atoms with Crippen LogP contribution in [-0.4, -0.2) is 26.8 Å². The molecule has 4 nitrogen and oxygen atoms in total. The van der Waals surface area contributed by atoms with E-state index in [0.29, 0.717) is 13.0 Å². The van der Waals surface area contributed by atoms with E-state index >= 15 is 0 Å². The number of sulfonamides is 1. The monoisotopic (exact) mass is 222 g/mol. The van der Waals surface area contributed by atoms with Crippen molar-refractivity contribution in [3.63, 3.8) is 0 Å². The minimum absolute atomic E-state index is 0.0955. The van der Waals surface area contributed by atoms with Crippen LogP contribution in [0.2, 0.25) is 0 Å². The Hall–Kier alpha value is -0.130. The summed E-state index contributed by atoms with van der Waals surface area (Å²) in [6, 6.07) is -0.0955. The molecule has 14 heavy (non-hydrogen) atoms. The van der Waals surface area contributed by atoms with Crippen LogP contribution in [0.5, 0.6) is 0 Å². The zero-order chi connectivity index (χ0) is 11.0. The van der Waals surface area contributed by atoms with E-state index in [-0.39, 0.29) is 11.8 Å². The van der Waals surface area contributed by atoms with Crippen LogP contribution in [0.4, 0.5) is 0 Å². The summed E-state index contributed by atoms with van der Waals surface area (Å²) in [5.74, 6) is 0.212. The molecule has 3 N–H and O–H groups in total. The molecule has 0 heterocycles. The maximum Gasteiger partial charge on any atom is 0.211 e. The molecule has 0 radical (unpaired) electrons. The average molecular weight is 222 g/mol. The zero-order valence-electron chi connectivity index (χ0n) is 9.12. The highest BCUT2D eigenvalue weighted by atomic mass is 32.2. The SMILES string of the molecule is CCCCS(=O)(=O)NC(CN)CCC. The second-order valence-electron chi connectivity index (χ2n) is 3.51. The summed E-state index contributed by atoms with van der Waals surface area (Å²) in [5.41, 5.74) is 5.47. The summed E-state index contributed by atoms with van der Waals surface area (Å²) in [6.45, 7) is 4.37. The number of hydrogen-bond donors (Lipinski definition) is 2. The van der Waals surface area contributed by atoms with Crippen molar-refractivity contribution in [2.75, 3.05) is 12.3 Å². The van der Waals surface area contributed by atoms with Crippen molar-refractivity contribution in [1.82, 2.24) is 4.72 Å². The van der Waals surface area contributed by atoms with E-state index in [1.54, 1.807) is 0 Å².